The Morgan fingerprint density at radius 1 is 1.25 bits per heavy atom. The molecule has 2 aromatic carbocycles. The molecule has 1 heterocycles. The van der Waals surface area contributed by atoms with Crippen LogP contribution in [0.2, 0.25) is 0 Å². The Labute approximate surface area is 163 Å². The van der Waals surface area contributed by atoms with Crippen LogP contribution in [0.4, 0.5) is 0 Å². The van der Waals surface area contributed by atoms with Crippen LogP contribution in [0.1, 0.15) is 30.6 Å². The van der Waals surface area contributed by atoms with Crippen LogP contribution in [-0.2, 0) is 19.4 Å². The lowest BCUT2D eigenvalue weighted by atomic mass is 10.1. The molecule has 2 atom stereocenters. The molecule has 0 aromatic heterocycles. The molecule has 1 saturated heterocycles. The van der Waals surface area contributed by atoms with Gasteiger partial charge in [0.2, 0.25) is 0 Å². The summed E-state index contributed by atoms with van der Waals surface area (Å²) in [5.74, 6) is -1.46. The van der Waals surface area contributed by atoms with E-state index >= 15 is 0 Å². The average Bonchev–Trinajstić information content (AvgIpc) is 3.02. The maximum Gasteiger partial charge on any atom is 0.342 e. The van der Waals surface area contributed by atoms with Gasteiger partial charge in [-0.1, -0.05) is 30.3 Å². The van der Waals surface area contributed by atoms with Crippen LogP contribution in [0.5, 0.6) is 5.75 Å². The highest BCUT2D eigenvalue weighted by Crippen LogP contribution is 2.29. The molecule has 0 unspecified atom stereocenters. The molecule has 2 aromatic rings. The highest BCUT2D eigenvalue weighted by atomic mass is 32.2. The van der Waals surface area contributed by atoms with E-state index in [9.17, 15) is 23.1 Å². The first-order valence-corrected chi connectivity index (χ1v) is 11.0. The Morgan fingerprint density at radius 2 is 1.96 bits per heavy atom. The summed E-state index contributed by atoms with van der Waals surface area (Å²) in [6.45, 7) is 3.53. The molecular weight excluding hydrogens is 382 g/mol. The molecule has 0 radical (unpaired) electrons. The minimum atomic E-state index is -3.14. The van der Waals surface area contributed by atoms with E-state index in [0.29, 0.717) is 18.4 Å². The second-order valence-corrected chi connectivity index (χ2v) is 9.14. The van der Waals surface area contributed by atoms with Crippen molar-refractivity contribution in [1.82, 2.24) is 4.90 Å². The predicted octanol–water partition coefficient (Wildman–Crippen LogP) is 2.13. The van der Waals surface area contributed by atoms with Crippen molar-refractivity contribution in [2.24, 2.45) is 0 Å². The molecule has 1 amide bonds. The van der Waals surface area contributed by atoms with Gasteiger partial charge in [0.05, 0.1) is 11.5 Å². The number of aromatic hydroxyl groups is 1. The fourth-order valence-electron chi connectivity index (χ4n) is 3.54. The van der Waals surface area contributed by atoms with E-state index < -0.39 is 33.9 Å². The molecule has 0 spiro atoms. The van der Waals surface area contributed by atoms with Gasteiger partial charge >= 0.3 is 5.97 Å². The molecule has 3 rings (SSSR count). The average molecular weight is 405 g/mol. The maximum absolute atomic E-state index is 12.7. The first kappa shape index (κ1) is 20.1. The normalized spacial score (nSPS) is 19.3. The van der Waals surface area contributed by atoms with Gasteiger partial charge in [0.15, 0.2) is 15.9 Å². The Hall–Kier alpha value is -2.61. The molecule has 0 aliphatic carbocycles. The minimum Gasteiger partial charge on any atom is -0.506 e. The third-order valence-electron chi connectivity index (χ3n) is 5.03. The van der Waals surface area contributed by atoms with Crippen molar-refractivity contribution in [1.29, 1.82) is 0 Å². The van der Waals surface area contributed by atoms with Crippen LogP contribution in [0.25, 0.3) is 10.8 Å². The first-order valence-electron chi connectivity index (χ1n) is 9.16. The molecule has 1 aliphatic rings. The van der Waals surface area contributed by atoms with Crippen LogP contribution in [0.15, 0.2) is 36.4 Å². The topological polar surface area (TPSA) is 101 Å². The van der Waals surface area contributed by atoms with Gasteiger partial charge in [0.25, 0.3) is 5.91 Å². The van der Waals surface area contributed by atoms with E-state index in [-0.39, 0.29) is 22.8 Å². The Bertz CT molecular complexity index is 1020. The number of nitrogens with zero attached hydrogens (tertiary/aromatic N) is 1. The number of esters is 1. The molecule has 150 valence electrons. The van der Waals surface area contributed by atoms with Crippen molar-refractivity contribution < 1.29 is 27.9 Å². The van der Waals surface area contributed by atoms with Gasteiger partial charge in [-0.3, -0.25) is 4.79 Å². The summed E-state index contributed by atoms with van der Waals surface area (Å²) in [6.07, 6.45) is -0.713. The summed E-state index contributed by atoms with van der Waals surface area (Å²) in [4.78, 5) is 26.7. The Morgan fingerprint density at radius 3 is 2.61 bits per heavy atom. The highest BCUT2D eigenvalue weighted by Gasteiger charge is 2.36. The smallest absolute Gasteiger partial charge is 0.342 e. The lowest BCUT2D eigenvalue weighted by Crippen LogP contribution is -2.46. The third kappa shape index (κ3) is 3.96. The molecule has 0 saturated carbocycles. The molecular formula is C20H23NO6S. The van der Waals surface area contributed by atoms with Crippen molar-refractivity contribution in [3.63, 3.8) is 0 Å². The largest absolute Gasteiger partial charge is 0.506 e. The van der Waals surface area contributed by atoms with Crippen LogP contribution in [-0.4, -0.2) is 60.5 Å². The second kappa shape index (κ2) is 7.79. The zero-order chi connectivity index (χ0) is 20.5. The molecule has 1 fully saturated rings. The quantitative estimate of drug-likeness (QED) is 0.765. The van der Waals surface area contributed by atoms with E-state index in [0.717, 1.165) is 5.39 Å². The number of likely N-dealkylation sites (N-methyl/N-ethyl adjacent to an activating group) is 1. The summed E-state index contributed by atoms with van der Waals surface area (Å²) in [7, 11) is -3.14. The van der Waals surface area contributed by atoms with Crippen molar-refractivity contribution >= 4 is 32.5 Å². The minimum absolute atomic E-state index is 0.0233. The fraction of sp³-hybridized carbons (Fsp3) is 0.400. The lowest BCUT2D eigenvalue weighted by molar-refractivity contribution is -0.141. The summed E-state index contributed by atoms with van der Waals surface area (Å²) >= 11 is 0. The van der Waals surface area contributed by atoms with Gasteiger partial charge in [-0.2, -0.15) is 0 Å². The van der Waals surface area contributed by atoms with Crippen molar-refractivity contribution in [2.45, 2.75) is 32.4 Å². The number of hydrogen-bond acceptors (Lipinski definition) is 6. The molecule has 8 heteroatoms. The lowest BCUT2D eigenvalue weighted by Gasteiger charge is -2.29. The van der Waals surface area contributed by atoms with E-state index in [1.165, 1.54) is 17.9 Å². The highest BCUT2D eigenvalue weighted by molar-refractivity contribution is 7.91. The monoisotopic (exact) mass is 405 g/mol. The molecule has 1 N–H and O–H groups in total. The number of ether oxygens (including phenoxy) is 1. The number of rotatable bonds is 5. The molecule has 28 heavy (non-hydrogen) atoms. The predicted molar refractivity (Wildman–Crippen MR) is 105 cm³/mol. The molecule has 7 nitrogen and oxygen atoms in total. The number of phenolic OH excluding ortho intramolecular Hbond substituents is 1. The summed E-state index contributed by atoms with van der Waals surface area (Å²) in [5, 5.41) is 11.7. The van der Waals surface area contributed by atoms with Crippen LogP contribution in [0.3, 0.4) is 0 Å². The number of carbonyl (C=O) groups excluding carboxylic acids is 2. The first-order chi connectivity index (χ1) is 13.2. The van der Waals surface area contributed by atoms with Crippen molar-refractivity contribution in [2.75, 3.05) is 18.1 Å². The van der Waals surface area contributed by atoms with E-state index in [4.69, 9.17) is 4.74 Å². The van der Waals surface area contributed by atoms with E-state index in [2.05, 4.69) is 0 Å². The van der Waals surface area contributed by atoms with Gasteiger partial charge in [-0.25, -0.2) is 13.2 Å². The van der Waals surface area contributed by atoms with Gasteiger partial charge in [0, 0.05) is 18.0 Å². The number of carbonyl (C=O) groups is 2. The number of phenols is 1. The number of benzene rings is 2. The number of hydrogen-bond donors (Lipinski definition) is 1. The zero-order valence-corrected chi connectivity index (χ0v) is 16.6. The van der Waals surface area contributed by atoms with E-state index in [1.54, 1.807) is 25.1 Å². The number of sulfone groups is 1. The van der Waals surface area contributed by atoms with Crippen LogP contribution >= 0.6 is 0 Å². The van der Waals surface area contributed by atoms with Gasteiger partial charge < -0.3 is 14.7 Å². The van der Waals surface area contributed by atoms with Crippen LogP contribution in [0, 0.1) is 0 Å². The summed E-state index contributed by atoms with van der Waals surface area (Å²) < 4.78 is 28.7. The Balaban J connectivity index is 1.74. The Kier molecular flexibility index (Phi) is 5.60. The van der Waals surface area contributed by atoms with Gasteiger partial charge in [-0.05, 0) is 31.7 Å². The SMILES string of the molecule is CCN(C(=O)[C@@H](C)OC(=O)c1ccc2ccccc2c1O)[C@H]1CCS(=O)(=O)C1. The number of fused-ring (bicyclic) bond motifs is 1. The van der Waals surface area contributed by atoms with E-state index in [1.807, 2.05) is 12.1 Å². The second-order valence-electron chi connectivity index (χ2n) is 6.91. The fourth-order valence-corrected chi connectivity index (χ4v) is 5.27. The zero-order valence-electron chi connectivity index (χ0n) is 15.8. The third-order valence-corrected chi connectivity index (χ3v) is 6.78. The summed E-state index contributed by atoms with van der Waals surface area (Å²) in [5.41, 5.74) is -0.0233. The maximum atomic E-state index is 12.7. The van der Waals surface area contributed by atoms with Crippen molar-refractivity contribution in [3.05, 3.63) is 42.0 Å². The summed E-state index contributed by atoms with van der Waals surface area (Å²) in [6, 6.07) is 9.82. The molecule has 1 aliphatic heterocycles. The van der Waals surface area contributed by atoms with Crippen LogP contribution < -0.4 is 0 Å². The standard InChI is InChI=1S/C20H23NO6S/c1-3-21(15-10-11-28(25,26)12-15)19(23)13(2)27-20(24)17-9-8-14-6-4-5-7-16(14)18(17)22/h4-9,13,15,22H,3,10-12H2,1-2H3/t13-,15+/m1/s1. The van der Waals surface area contributed by atoms with Gasteiger partial charge in [-0.15, -0.1) is 0 Å². The van der Waals surface area contributed by atoms with Crippen molar-refractivity contribution in [3.8, 4) is 5.75 Å². The van der Waals surface area contributed by atoms with Gasteiger partial charge in [0.1, 0.15) is 11.3 Å². The molecule has 0 bridgehead atoms. The number of amides is 1.